The maximum atomic E-state index is 13.1. The minimum atomic E-state index is -4.86. The highest BCUT2D eigenvalue weighted by atomic mass is 19.4. The van der Waals surface area contributed by atoms with Crippen LogP contribution in [0.5, 0.6) is 0 Å². The molecule has 0 aliphatic rings. The van der Waals surface area contributed by atoms with Crippen LogP contribution in [0.1, 0.15) is 29.8 Å². The van der Waals surface area contributed by atoms with E-state index in [2.05, 4.69) is 0 Å². The van der Waals surface area contributed by atoms with Gasteiger partial charge < -0.3 is 0 Å². The number of carbonyl (C=O) groups is 1. The van der Waals surface area contributed by atoms with Gasteiger partial charge in [0.25, 0.3) is 0 Å². The predicted molar refractivity (Wildman–Crippen MR) is 50.6 cm³/mol. The van der Waals surface area contributed by atoms with Crippen molar-refractivity contribution < 1.29 is 22.4 Å². The molecule has 5 heteroatoms. The molecule has 0 unspecified atom stereocenters. The summed E-state index contributed by atoms with van der Waals surface area (Å²) >= 11 is 0. The lowest BCUT2D eigenvalue weighted by Crippen LogP contribution is -2.18. The molecule has 0 aromatic heterocycles. The van der Waals surface area contributed by atoms with E-state index in [0.29, 0.717) is 6.07 Å². The van der Waals surface area contributed by atoms with Gasteiger partial charge in [0, 0.05) is 11.5 Å². The summed E-state index contributed by atoms with van der Waals surface area (Å²) in [6.45, 7) is 2.93. The average Bonchev–Trinajstić information content (AvgIpc) is 2.14. The molecule has 0 aliphatic carbocycles. The fraction of sp³-hybridized carbons (Fsp3) is 0.364. The van der Waals surface area contributed by atoms with Crippen LogP contribution in [0.25, 0.3) is 0 Å². The van der Waals surface area contributed by atoms with E-state index in [0.717, 1.165) is 12.1 Å². The Kier molecular flexibility index (Phi) is 3.35. The van der Waals surface area contributed by atoms with Crippen molar-refractivity contribution in [3.63, 3.8) is 0 Å². The van der Waals surface area contributed by atoms with Crippen LogP contribution in [0, 0.1) is 11.7 Å². The van der Waals surface area contributed by atoms with E-state index >= 15 is 0 Å². The molecule has 0 atom stereocenters. The van der Waals surface area contributed by atoms with Crippen molar-refractivity contribution in [3.05, 3.63) is 35.1 Å². The zero-order valence-corrected chi connectivity index (χ0v) is 8.73. The molecule has 1 rings (SSSR count). The highest BCUT2D eigenvalue weighted by molar-refractivity contribution is 5.99. The van der Waals surface area contributed by atoms with Gasteiger partial charge in [-0.1, -0.05) is 26.0 Å². The van der Waals surface area contributed by atoms with Gasteiger partial charge in [0.1, 0.15) is 11.4 Å². The third kappa shape index (κ3) is 2.40. The summed E-state index contributed by atoms with van der Waals surface area (Å²) in [5.41, 5.74) is -2.09. The first-order chi connectivity index (χ1) is 7.25. The van der Waals surface area contributed by atoms with Crippen LogP contribution in [-0.2, 0) is 6.18 Å². The second kappa shape index (κ2) is 4.23. The van der Waals surface area contributed by atoms with Gasteiger partial charge in [0.2, 0.25) is 0 Å². The Bertz CT molecular complexity index is 407. The fourth-order valence-electron chi connectivity index (χ4n) is 1.33. The van der Waals surface area contributed by atoms with Crippen LogP contribution in [-0.4, -0.2) is 5.78 Å². The molecule has 0 fully saturated rings. The first-order valence-electron chi connectivity index (χ1n) is 4.65. The van der Waals surface area contributed by atoms with Gasteiger partial charge in [-0.3, -0.25) is 4.79 Å². The molecular formula is C11H10F4O. The SMILES string of the molecule is CC(C)C(=O)c1cccc(F)c1C(F)(F)F. The number of alkyl halides is 3. The maximum Gasteiger partial charge on any atom is 0.419 e. The molecule has 1 aromatic rings. The Morgan fingerprint density at radius 3 is 2.25 bits per heavy atom. The molecule has 0 amide bonds. The summed E-state index contributed by atoms with van der Waals surface area (Å²) in [6, 6.07) is 2.79. The van der Waals surface area contributed by atoms with Crippen LogP contribution in [0.3, 0.4) is 0 Å². The van der Waals surface area contributed by atoms with Crippen LogP contribution in [0.2, 0.25) is 0 Å². The fourth-order valence-corrected chi connectivity index (χ4v) is 1.33. The van der Waals surface area contributed by atoms with Gasteiger partial charge in [-0.25, -0.2) is 4.39 Å². The molecule has 0 radical (unpaired) electrons. The van der Waals surface area contributed by atoms with Crippen molar-refractivity contribution in [3.8, 4) is 0 Å². The highest BCUT2D eigenvalue weighted by Gasteiger charge is 2.38. The van der Waals surface area contributed by atoms with E-state index in [-0.39, 0.29) is 0 Å². The van der Waals surface area contributed by atoms with Crippen LogP contribution in [0.4, 0.5) is 17.6 Å². The quantitative estimate of drug-likeness (QED) is 0.563. The summed E-state index contributed by atoms with van der Waals surface area (Å²) in [5.74, 6) is -2.74. The Labute approximate surface area is 90.1 Å². The lowest BCUT2D eigenvalue weighted by molar-refractivity contribution is -0.140. The number of hydrogen-bond donors (Lipinski definition) is 0. The van der Waals surface area contributed by atoms with Crippen LogP contribution >= 0.6 is 0 Å². The highest BCUT2D eigenvalue weighted by Crippen LogP contribution is 2.34. The maximum absolute atomic E-state index is 13.1. The van der Waals surface area contributed by atoms with E-state index in [1.807, 2.05) is 0 Å². The smallest absolute Gasteiger partial charge is 0.294 e. The van der Waals surface area contributed by atoms with Gasteiger partial charge in [-0.15, -0.1) is 0 Å². The van der Waals surface area contributed by atoms with Crippen molar-refractivity contribution in [2.24, 2.45) is 5.92 Å². The molecule has 1 nitrogen and oxygen atoms in total. The molecule has 1 aromatic carbocycles. The number of ketones is 1. The average molecular weight is 234 g/mol. The lowest BCUT2D eigenvalue weighted by atomic mass is 9.96. The largest absolute Gasteiger partial charge is 0.419 e. The lowest BCUT2D eigenvalue weighted by Gasteiger charge is -2.14. The normalized spacial score (nSPS) is 11.9. The second-order valence-corrected chi connectivity index (χ2v) is 3.68. The van der Waals surface area contributed by atoms with Gasteiger partial charge in [0.15, 0.2) is 5.78 Å². The Morgan fingerprint density at radius 1 is 1.25 bits per heavy atom. The summed E-state index contributed by atoms with van der Waals surface area (Å²) < 4.78 is 50.7. The Balaban J connectivity index is 3.41. The molecule has 0 aliphatic heterocycles. The second-order valence-electron chi connectivity index (χ2n) is 3.68. The first kappa shape index (κ1) is 12.7. The predicted octanol–water partition coefficient (Wildman–Crippen LogP) is 3.68. The zero-order chi connectivity index (χ0) is 12.5. The monoisotopic (exact) mass is 234 g/mol. The molecule has 16 heavy (non-hydrogen) atoms. The van der Waals surface area contributed by atoms with Crippen molar-refractivity contribution in [1.82, 2.24) is 0 Å². The van der Waals surface area contributed by atoms with Gasteiger partial charge in [0.05, 0.1) is 0 Å². The molecule has 0 heterocycles. The Morgan fingerprint density at radius 2 is 1.81 bits per heavy atom. The van der Waals surface area contributed by atoms with Crippen molar-refractivity contribution >= 4 is 5.78 Å². The summed E-state index contributed by atoms with van der Waals surface area (Å²) in [5, 5.41) is 0. The standard InChI is InChI=1S/C11H10F4O/c1-6(2)10(16)7-4-3-5-8(12)9(7)11(13,14)15/h3-6H,1-2H3. The van der Waals surface area contributed by atoms with E-state index in [1.165, 1.54) is 13.8 Å². The zero-order valence-electron chi connectivity index (χ0n) is 8.73. The number of carbonyl (C=O) groups excluding carboxylic acids is 1. The number of benzene rings is 1. The summed E-state index contributed by atoms with van der Waals surface area (Å²) in [4.78, 5) is 11.5. The van der Waals surface area contributed by atoms with E-state index in [1.54, 1.807) is 0 Å². The minimum absolute atomic E-state index is 0.608. The van der Waals surface area contributed by atoms with E-state index < -0.39 is 34.8 Å². The molecule has 0 spiro atoms. The number of halogens is 4. The van der Waals surface area contributed by atoms with Gasteiger partial charge >= 0.3 is 6.18 Å². The van der Waals surface area contributed by atoms with Crippen LogP contribution in [0.15, 0.2) is 18.2 Å². The van der Waals surface area contributed by atoms with Gasteiger partial charge in [-0.2, -0.15) is 13.2 Å². The number of hydrogen-bond acceptors (Lipinski definition) is 1. The molecule has 0 N–H and O–H groups in total. The van der Waals surface area contributed by atoms with Crippen molar-refractivity contribution in [1.29, 1.82) is 0 Å². The molecule has 0 saturated heterocycles. The number of rotatable bonds is 2. The third-order valence-corrected chi connectivity index (χ3v) is 2.09. The minimum Gasteiger partial charge on any atom is -0.294 e. The molecule has 0 bridgehead atoms. The molecule has 88 valence electrons. The van der Waals surface area contributed by atoms with Gasteiger partial charge in [-0.05, 0) is 6.07 Å². The van der Waals surface area contributed by atoms with E-state index in [9.17, 15) is 22.4 Å². The number of Topliss-reactive ketones (excluding diaryl/α,β-unsaturated/α-hetero) is 1. The van der Waals surface area contributed by atoms with Crippen molar-refractivity contribution in [2.75, 3.05) is 0 Å². The van der Waals surface area contributed by atoms with Crippen molar-refractivity contribution in [2.45, 2.75) is 20.0 Å². The van der Waals surface area contributed by atoms with E-state index in [4.69, 9.17) is 0 Å². The Hall–Kier alpha value is -1.39. The summed E-state index contributed by atoms with van der Waals surface area (Å²) in [7, 11) is 0. The molecule has 0 saturated carbocycles. The third-order valence-electron chi connectivity index (χ3n) is 2.09. The first-order valence-corrected chi connectivity index (χ1v) is 4.65. The molecular weight excluding hydrogens is 224 g/mol. The summed E-state index contributed by atoms with van der Waals surface area (Å²) in [6.07, 6.45) is -4.86. The van der Waals surface area contributed by atoms with Crippen LogP contribution < -0.4 is 0 Å². The topological polar surface area (TPSA) is 17.1 Å².